The van der Waals surface area contributed by atoms with Crippen molar-refractivity contribution in [3.05, 3.63) is 162 Å². The van der Waals surface area contributed by atoms with Gasteiger partial charge >= 0.3 is 32.8 Å². The third kappa shape index (κ3) is 8.87. The molecule has 3 heterocycles. The van der Waals surface area contributed by atoms with Crippen molar-refractivity contribution in [3.8, 4) is 28.4 Å². The summed E-state index contributed by atoms with van der Waals surface area (Å²) in [6.45, 7) is 27.4. The average Bonchev–Trinajstić information content (AvgIpc) is 3.78. The molecule has 1 aliphatic rings. The molecule has 0 saturated heterocycles. The summed E-state index contributed by atoms with van der Waals surface area (Å²) in [5.41, 5.74) is 11.3. The molecule has 2 aromatic heterocycles. The Bertz CT molecular complexity index is 3210. The molecule has 9 rings (SSSR count). The Kier molecular flexibility index (Phi) is 11.7. The fourth-order valence-electron chi connectivity index (χ4n) is 8.46. The molecule has 330 valence electrons. The second kappa shape index (κ2) is 16.6. The molecule has 8 aromatic rings. The van der Waals surface area contributed by atoms with Crippen molar-refractivity contribution >= 4 is 63.8 Å². The van der Waals surface area contributed by atoms with Gasteiger partial charge in [-0.25, -0.2) is 9.37 Å². The van der Waals surface area contributed by atoms with Gasteiger partial charge in [-0.3, -0.25) is 0 Å². The molecule has 8 heteroatoms. The largest absolute Gasteiger partial charge is 2.00 e. The predicted octanol–water partition coefficient (Wildman–Crippen LogP) is 14.7. The van der Waals surface area contributed by atoms with E-state index < -0.39 is 8.07 Å². The number of para-hydroxylation sites is 1. The minimum Gasteiger partial charge on any atom is -0.509 e. The van der Waals surface area contributed by atoms with E-state index in [1.807, 2.05) is 53.2 Å². The first-order valence-electron chi connectivity index (χ1n) is 22.2. The second-order valence-electron chi connectivity index (χ2n) is 21.3. The van der Waals surface area contributed by atoms with E-state index >= 15 is 0 Å². The number of fused-ring (bicyclic) bond motifs is 4. The number of nitrogens with zero attached hydrogens (tertiary/aromatic N) is 4. The molecule has 1 aliphatic heterocycles. The molecule has 0 radical (unpaired) electrons. The van der Waals surface area contributed by atoms with Crippen molar-refractivity contribution in [1.29, 1.82) is 0 Å². The maximum absolute atomic E-state index is 14.8. The van der Waals surface area contributed by atoms with E-state index in [9.17, 15) is 4.39 Å². The van der Waals surface area contributed by atoms with Crippen LogP contribution in [0.25, 0.3) is 38.8 Å². The summed E-state index contributed by atoms with van der Waals surface area (Å²) in [5, 5.41) is 3.06. The maximum Gasteiger partial charge on any atom is 2.00 e. The van der Waals surface area contributed by atoms with Crippen LogP contribution < -0.4 is 19.1 Å². The summed E-state index contributed by atoms with van der Waals surface area (Å²) >= 11 is 0. The Hall–Kier alpha value is -5.71. The monoisotopic (exact) mass is 1060 g/mol. The summed E-state index contributed by atoms with van der Waals surface area (Å²) in [5.74, 6) is 1.47. The molecule has 0 aliphatic carbocycles. The first-order chi connectivity index (χ1) is 30.1. The van der Waals surface area contributed by atoms with Crippen molar-refractivity contribution in [1.82, 2.24) is 18.7 Å². The van der Waals surface area contributed by atoms with Crippen LogP contribution in [-0.4, -0.2) is 23.6 Å². The van der Waals surface area contributed by atoms with Gasteiger partial charge in [0.05, 0.1) is 13.6 Å². The number of halogens is 1. The van der Waals surface area contributed by atoms with Crippen molar-refractivity contribution in [2.45, 2.75) is 98.2 Å². The molecule has 0 atom stereocenters. The maximum atomic E-state index is 14.8. The molecule has 0 unspecified atom stereocenters. The molecule has 0 amide bonds. The SMILES string of the molecule is CC(C)(C)c1cc([N+]2=C=[N+](c3[c-]c(Oc4[c-]c5c(cc4)c4cc(F)ccc4n5-c4cc(C(C)(C)C)ccn4)ccc3)c3cccc(-c4cccc([Si](C)(C)C)c4)c32)cc(C(C)(C)C)c1.[Pt+2]. The number of ether oxygens (including phenoxy) is 1. The summed E-state index contributed by atoms with van der Waals surface area (Å²) in [6.07, 6.45) is 1.84. The van der Waals surface area contributed by atoms with Gasteiger partial charge in [-0.05, 0) is 84.9 Å². The smallest absolute Gasteiger partial charge is 0.509 e. The van der Waals surface area contributed by atoms with Crippen LogP contribution in [0.5, 0.6) is 11.5 Å². The van der Waals surface area contributed by atoms with Gasteiger partial charge in [0.15, 0.2) is 0 Å². The van der Waals surface area contributed by atoms with Crippen LogP contribution in [0.2, 0.25) is 19.6 Å². The third-order valence-corrected chi connectivity index (χ3v) is 14.3. The Balaban J connectivity index is 0.00000576. The van der Waals surface area contributed by atoms with Gasteiger partial charge in [0.2, 0.25) is 5.69 Å². The van der Waals surface area contributed by atoms with Gasteiger partial charge in [-0.1, -0.05) is 146 Å². The zero-order chi connectivity index (χ0) is 45.5. The summed E-state index contributed by atoms with van der Waals surface area (Å²) in [4.78, 5) is 4.79. The van der Waals surface area contributed by atoms with Gasteiger partial charge < -0.3 is 9.30 Å². The molecule has 0 bridgehead atoms. The number of pyridine rings is 1. The first kappa shape index (κ1) is 45.8. The van der Waals surface area contributed by atoms with Gasteiger partial charge in [-0.2, -0.15) is 12.1 Å². The fraction of sp³-hybridized carbons (Fsp3) is 0.263. The van der Waals surface area contributed by atoms with Crippen LogP contribution in [0.15, 0.2) is 128 Å². The van der Waals surface area contributed by atoms with Crippen LogP contribution in [-0.2, 0) is 37.3 Å². The summed E-state index contributed by atoms with van der Waals surface area (Å²) < 4.78 is 27.8. The van der Waals surface area contributed by atoms with Crippen molar-refractivity contribution in [2.75, 3.05) is 0 Å². The second-order valence-corrected chi connectivity index (χ2v) is 26.4. The fourth-order valence-corrected chi connectivity index (χ4v) is 9.64. The van der Waals surface area contributed by atoms with Crippen molar-refractivity contribution < 1.29 is 30.2 Å². The number of hydrogen-bond donors (Lipinski definition) is 0. The van der Waals surface area contributed by atoms with Gasteiger partial charge in [-0.15, -0.1) is 23.6 Å². The van der Waals surface area contributed by atoms with E-state index in [2.05, 4.69) is 176 Å². The molecule has 65 heavy (non-hydrogen) atoms. The van der Waals surface area contributed by atoms with Gasteiger partial charge in [0.1, 0.15) is 17.3 Å². The Morgan fingerprint density at radius 3 is 2.02 bits per heavy atom. The Morgan fingerprint density at radius 1 is 0.646 bits per heavy atom. The van der Waals surface area contributed by atoms with Gasteiger partial charge in [0.25, 0.3) is 5.69 Å². The number of hydrogen-bond acceptors (Lipinski definition) is 2. The number of aromatic nitrogens is 2. The Labute approximate surface area is 399 Å². The van der Waals surface area contributed by atoms with E-state index in [1.165, 1.54) is 27.9 Å². The van der Waals surface area contributed by atoms with E-state index in [0.717, 1.165) is 61.5 Å². The average molecular weight is 1060 g/mol. The summed E-state index contributed by atoms with van der Waals surface area (Å²) in [6, 6.07) is 52.4. The molecule has 0 N–H and O–H groups in total. The number of rotatable bonds is 7. The molecule has 6 aromatic carbocycles. The first-order valence-corrected chi connectivity index (χ1v) is 25.7. The normalized spacial score (nSPS) is 13.1. The molecule has 0 fully saturated rings. The van der Waals surface area contributed by atoms with E-state index in [0.29, 0.717) is 11.5 Å². The molecule has 5 nitrogen and oxygen atoms in total. The van der Waals surface area contributed by atoms with E-state index in [1.54, 1.807) is 6.07 Å². The predicted molar refractivity (Wildman–Crippen MR) is 268 cm³/mol. The van der Waals surface area contributed by atoms with E-state index in [-0.39, 0.29) is 43.1 Å². The van der Waals surface area contributed by atoms with Crippen molar-refractivity contribution in [3.63, 3.8) is 0 Å². The van der Waals surface area contributed by atoms with Crippen LogP contribution >= 0.6 is 0 Å². The van der Waals surface area contributed by atoms with Crippen LogP contribution in [0.1, 0.15) is 79.0 Å². The zero-order valence-electron chi connectivity index (χ0n) is 39.5. The van der Waals surface area contributed by atoms with Gasteiger partial charge in [0, 0.05) is 41.4 Å². The quantitative estimate of drug-likeness (QED) is 0.0905. The van der Waals surface area contributed by atoms with Crippen LogP contribution in [0, 0.1) is 17.9 Å². The number of benzene rings is 6. The van der Waals surface area contributed by atoms with Crippen LogP contribution in [0.3, 0.4) is 0 Å². The zero-order valence-corrected chi connectivity index (χ0v) is 42.8. The van der Waals surface area contributed by atoms with Crippen molar-refractivity contribution in [2.24, 2.45) is 0 Å². The Morgan fingerprint density at radius 2 is 1.32 bits per heavy atom. The topological polar surface area (TPSA) is 33.1 Å². The van der Waals surface area contributed by atoms with E-state index in [4.69, 9.17) is 9.72 Å². The molecule has 0 spiro atoms. The minimum atomic E-state index is -1.60. The molecular formula is C57H57FN4OPtSi+2. The third-order valence-electron chi connectivity index (χ3n) is 12.3. The summed E-state index contributed by atoms with van der Waals surface area (Å²) in [7, 11) is -1.60. The van der Waals surface area contributed by atoms with Crippen LogP contribution in [0.4, 0.5) is 27.1 Å². The molecule has 0 saturated carbocycles. The minimum absolute atomic E-state index is 0. The standard InChI is InChI=1S/C57H57FN4OSi.Pt/c1-55(2,3)38-26-27-59-53(32-38)62-50-25-22-41(58)33-49(50)48-24-23-45(35-52(48)62)63-44-18-14-17-42(34-44)60-36-61(43-30-39(56(4,5)6)29-40(31-43)57(7,8)9)54-47(20-15-21-51(54)60)37-16-13-19-46(28-37)64(10,11)12;/h13-33H,1-12H3;/q;+2. The molecular weight excluding hydrogens is 999 g/mol.